The topological polar surface area (TPSA) is 16.1 Å². The SMILES string of the molecule is Cc1nc(N(CCBr)C(C)C)ccc1Br. The Hall–Kier alpha value is -0.0900. The molecular weight excluding hydrogens is 320 g/mol. The molecule has 0 aliphatic carbocycles. The van der Waals surface area contributed by atoms with Crippen LogP contribution in [-0.2, 0) is 0 Å². The summed E-state index contributed by atoms with van der Waals surface area (Å²) >= 11 is 6.93. The number of nitrogens with zero attached hydrogens (tertiary/aromatic N) is 2. The van der Waals surface area contributed by atoms with E-state index in [4.69, 9.17) is 0 Å². The van der Waals surface area contributed by atoms with E-state index in [2.05, 4.69) is 67.7 Å². The van der Waals surface area contributed by atoms with Gasteiger partial charge in [-0.1, -0.05) is 15.9 Å². The van der Waals surface area contributed by atoms with Crippen molar-refractivity contribution in [1.29, 1.82) is 0 Å². The molecule has 0 fully saturated rings. The van der Waals surface area contributed by atoms with Crippen LogP contribution in [0.5, 0.6) is 0 Å². The molecule has 84 valence electrons. The van der Waals surface area contributed by atoms with Crippen LogP contribution in [0.2, 0.25) is 0 Å². The van der Waals surface area contributed by atoms with Gasteiger partial charge in [0.15, 0.2) is 0 Å². The number of aryl methyl sites for hydroxylation is 1. The maximum atomic E-state index is 4.57. The fourth-order valence-corrected chi connectivity index (χ4v) is 2.02. The highest BCUT2D eigenvalue weighted by Crippen LogP contribution is 2.20. The van der Waals surface area contributed by atoms with Crippen LogP contribution in [0.3, 0.4) is 0 Å². The van der Waals surface area contributed by atoms with Crippen molar-refractivity contribution in [2.24, 2.45) is 0 Å². The Labute approximate surface area is 108 Å². The smallest absolute Gasteiger partial charge is 0.129 e. The molecule has 2 nitrogen and oxygen atoms in total. The standard InChI is InChI=1S/C11H16Br2N2/c1-8(2)15(7-6-12)11-5-4-10(13)9(3)14-11/h4-5,8H,6-7H2,1-3H3. The lowest BCUT2D eigenvalue weighted by Crippen LogP contribution is -2.33. The maximum Gasteiger partial charge on any atom is 0.129 e. The lowest BCUT2D eigenvalue weighted by molar-refractivity contribution is 0.696. The van der Waals surface area contributed by atoms with E-state index >= 15 is 0 Å². The van der Waals surface area contributed by atoms with Crippen LogP contribution in [0, 0.1) is 6.92 Å². The van der Waals surface area contributed by atoms with Crippen LogP contribution in [0.1, 0.15) is 19.5 Å². The van der Waals surface area contributed by atoms with Crippen molar-refractivity contribution in [2.45, 2.75) is 26.8 Å². The molecule has 1 aromatic rings. The normalized spacial score (nSPS) is 10.8. The van der Waals surface area contributed by atoms with Gasteiger partial charge in [-0.15, -0.1) is 0 Å². The minimum atomic E-state index is 0.468. The van der Waals surface area contributed by atoms with Crippen molar-refractivity contribution < 1.29 is 0 Å². The van der Waals surface area contributed by atoms with Crippen molar-refractivity contribution in [3.05, 3.63) is 22.3 Å². The molecular formula is C11H16Br2N2. The third-order valence-corrected chi connectivity index (χ3v) is 3.44. The molecule has 0 aromatic carbocycles. The van der Waals surface area contributed by atoms with Crippen LogP contribution in [0.4, 0.5) is 5.82 Å². The first-order valence-corrected chi connectivity index (χ1v) is 6.93. The van der Waals surface area contributed by atoms with Gasteiger partial charge in [-0.05, 0) is 48.8 Å². The van der Waals surface area contributed by atoms with E-state index in [1.165, 1.54) is 0 Å². The number of hydrogen-bond acceptors (Lipinski definition) is 2. The minimum Gasteiger partial charge on any atom is -0.353 e. The van der Waals surface area contributed by atoms with E-state index in [0.29, 0.717) is 6.04 Å². The largest absolute Gasteiger partial charge is 0.353 e. The van der Waals surface area contributed by atoms with E-state index in [-0.39, 0.29) is 0 Å². The molecule has 0 aliphatic heterocycles. The Morgan fingerprint density at radius 2 is 2.07 bits per heavy atom. The molecule has 4 heteroatoms. The summed E-state index contributed by atoms with van der Waals surface area (Å²) in [5.74, 6) is 1.05. The number of halogens is 2. The molecule has 0 spiro atoms. The fourth-order valence-electron chi connectivity index (χ4n) is 1.42. The van der Waals surface area contributed by atoms with Crippen molar-refractivity contribution in [3.63, 3.8) is 0 Å². The average molecular weight is 336 g/mol. The quantitative estimate of drug-likeness (QED) is 0.779. The predicted molar refractivity (Wildman–Crippen MR) is 73.0 cm³/mol. The van der Waals surface area contributed by atoms with E-state index in [0.717, 1.165) is 27.9 Å². The Kier molecular flexibility index (Phi) is 5.06. The molecule has 1 heterocycles. The summed E-state index contributed by atoms with van der Waals surface area (Å²) in [5, 5.41) is 0.960. The Bertz CT molecular complexity index is 326. The van der Waals surface area contributed by atoms with Gasteiger partial charge < -0.3 is 4.90 Å². The van der Waals surface area contributed by atoms with E-state index in [1.54, 1.807) is 0 Å². The van der Waals surface area contributed by atoms with Gasteiger partial charge in [0.05, 0.1) is 5.69 Å². The van der Waals surface area contributed by atoms with Crippen LogP contribution in [0.25, 0.3) is 0 Å². The number of hydrogen-bond donors (Lipinski definition) is 0. The molecule has 0 saturated heterocycles. The summed E-state index contributed by atoms with van der Waals surface area (Å²) in [7, 11) is 0. The van der Waals surface area contributed by atoms with Gasteiger partial charge in [0.1, 0.15) is 5.82 Å². The highest BCUT2D eigenvalue weighted by Gasteiger charge is 2.11. The van der Waals surface area contributed by atoms with Gasteiger partial charge in [-0.2, -0.15) is 0 Å². The minimum absolute atomic E-state index is 0.468. The molecule has 1 rings (SSSR count). The molecule has 0 unspecified atom stereocenters. The molecule has 15 heavy (non-hydrogen) atoms. The summed E-state index contributed by atoms with van der Waals surface area (Å²) in [6.45, 7) is 7.36. The molecule has 0 saturated carbocycles. The molecule has 0 atom stereocenters. The molecule has 0 amide bonds. The number of anilines is 1. The summed E-state index contributed by atoms with van der Waals surface area (Å²) in [4.78, 5) is 6.86. The van der Waals surface area contributed by atoms with Crippen LogP contribution >= 0.6 is 31.9 Å². The first-order valence-electron chi connectivity index (χ1n) is 5.02. The van der Waals surface area contributed by atoms with Gasteiger partial charge in [-0.25, -0.2) is 4.98 Å². The first kappa shape index (κ1) is 13.0. The van der Waals surface area contributed by atoms with E-state index in [9.17, 15) is 0 Å². The summed E-state index contributed by atoms with van der Waals surface area (Å²) in [6.07, 6.45) is 0. The maximum absolute atomic E-state index is 4.57. The zero-order valence-electron chi connectivity index (χ0n) is 9.30. The van der Waals surface area contributed by atoms with Crippen molar-refractivity contribution in [3.8, 4) is 0 Å². The average Bonchev–Trinajstić information content (AvgIpc) is 2.18. The third kappa shape index (κ3) is 3.45. The van der Waals surface area contributed by atoms with Crippen LogP contribution < -0.4 is 4.90 Å². The second-order valence-electron chi connectivity index (χ2n) is 3.71. The number of pyridine rings is 1. The van der Waals surface area contributed by atoms with Gasteiger partial charge in [0, 0.05) is 22.4 Å². The zero-order valence-corrected chi connectivity index (χ0v) is 12.5. The predicted octanol–water partition coefficient (Wildman–Crippen LogP) is 3.76. The monoisotopic (exact) mass is 334 g/mol. The lowest BCUT2D eigenvalue weighted by atomic mass is 10.3. The third-order valence-electron chi connectivity index (χ3n) is 2.25. The highest BCUT2D eigenvalue weighted by atomic mass is 79.9. The Morgan fingerprint density at radius 3 is 2.53 bits per heavy atom. The van der Waals surface area contributed by atoms with Gasteiger partial charge >= 0.3 is 0 Å². The second-order valence-corrected chi connectivity index (χ2v) is 5.36. The summed E-state index contributed by atoms with van der Waals surface area (Å²) in [5.41, 5.74) is 1.03. The van der Waals surface area contributed by atoms with Crippen molar-refractivity contribution in [2.75, 3.05) is 16.8 Å². The second kappa shape index (κ2) is 5.85. The first-order chi connectivity index (χ1) is 7.06. The zero-order chi connectivity index (χ0) is 11.4. The number of aromatic nitrogens is 1. The molecule has 0 N–H and O–H groups in total. The Morgan fingerprint density at radius 1 is 1.40 bits per heavy atom. The Balaban J connectivity index is 2.95. The summed E-state index contributed by atoms with van der Waals surface area (Å²) < 4.78 is 1.06. The van der Waals surface area contributed by atoms with Gasteiger partial charge in [0.2, 0.25) is 0 Å². The van der Waals surface area contributed by atoms with Crippen molar-refractivity contribution >= 4 is 37.7 Å². The molecule has 1 aromatic heterocycles. The fraction of sp³-hybridized carbons (Fsp3) is 0.545. The molecule has 0 aliphatic rings. The molecule has 0 radical (unpaired) electrons. The van der Waals surface area contributed by atoms with Crippen molar-refractivity contribution in [1.82, 2.24) is 4.98 Å². The molecule has 0 bridgehead atoms. The summed E-state index contributed by atoms with van der Waals surface area (Å²) in [6, 6.07) is 4.58. The van der Waals surface area contributed by atoms with Gasteiger partial charge in [0.25, 0.3) is 0 Å². The van der Waals surface area contributed by atoms with Gasteiger partial charge in [-0.3, -0.25) is 0 Å². The highest BCUT2D eigenvalue weighted by molar-refractivity contribution is 9.10. The van der Waals surface area contributed by atoms with E-state index in [1.807, 2.05) is 6.92 Å². The number of rotatable bonds is 4. The van der Waals surface area contributed by atoms with Crippen LogP contribution in [0.15, 0.2) is 16.6 Å². The number of alkyl halides is 1. The van der Waals surface area contributed by atoms with E-state index < -0.39 is 0 Å². The lowest BCUT2D eigenvalue weighted by Gasteiger charge is -2.27. The van der Waals surface area contributed by atoms with Crippen LogP contribution in [-0.4, -0.2) is 22.9 Å².